The number of nitrogens with zero attached hydrogens (tertiary/aromatic N) is 2. The Morgan fingerprint density at radius 1 is 1.20 bits per heavy atom. The highest BCUT2D eigenvalue weighted by molar-refractivity contribution is 9.10. The summed E-state index contributed by atoms with van der Waals surface area (Å²) in [5.41, 5.74) is 1.89. The Bertz CT molecular complexity index is 604. The lowest BCUT2D eigenvalue weighted by molar-refractivity contribution is -0.0720. The lowest BCUT2D eigenvalue weighted by Crippen LogP contribution is -2.48. The number of ketones is 1. The monoisotopic (exact) mass is 408 g/mol. The van der Waals surface area contributed by atoms with Gasteiger partial charge in [0.05, 0.1) is 17.9 Å². The minimum Gasteiger partial charge on any atom is -0.373 e. The van der Waals surface area contributed by atoms with Crippen molar-refractivity contribution in [3.63, 3.8) is 0 Å². The number of halogens is 1. The molecule has 3 rings (SSSR count). The van der Waals surface area contributed by atoms with Crippen LogP contribution in [0.15, 0.2) is 22.7 Å². The first-order valence-electron chi connectivity index (χ1n) is 9.36. The van der Waals surface area contributed by atoms with Gasteiger partial charge in [-0.05, 0) is 67.6 Å². The summed E-state index contributed by atoms with van der Waals surface area (Å²) in [7, 11) is 0. The Morgan fingerprint density at radius 3 is 2.44 bits per heavy atom. The minimum absolute atomic E-state index is 0.134. The molecular formula is C20H29BrN2O2. The quantitative estimate of drug-likeness (QED) is 0.705. The van der Waals surface area contributed by atoms with Gasteiger partial charge in [-0.3, -0.25) is 9.69 Å². The lowest BCUT2D eigenvalue weighted by atomic mass is 9.94. The van der Waals surface area contributed by atoms with Gasteiger partial charge in [0.1, 0.15) is 0 Å². The molecule has 2 saturated heterocycles. The van der Waals surface area contributed by atoms with Gasteiger partial charge in [-0.15, -0.1) is 0 Å². The van der Waals surface area contributed by atoms with Gasteiger partial charge in [0.25, 0.3) is 0 Å². The summed E-state index contributed by atoms with van der Waals surface area (Å²) in [6.45, 7) is 11.3. The Kier molecular flexibility index (Phi) is 6.18. The first-order chi connectivity index (χ1) is 11.9. The number of carbonyl (C=O) groups excluding carboxylic acids is 1. The molecule has 138 valence electrons. The number of morpholine rings is 1. The molecule has 0 N–H and O–H groups in total. The van der Waals surface area contributed by atoms with Crippen molar-refractivity contribution < 1.29 is 9.53 Å². The first kappa shape index (κ1) is 18.9. The van der Waals surface area contributed by atoms with E-state index in [0.717, 1.165) is 47.8 Å². The average molecular weight is 409 g/mol. The molecule has 2 aliphatic heterocycles. The van der Waals surface area contributed by atoms with E-state index in [1.165, 1.54) is 19.4 Å². The predicted molar refractivity (Wildman–Crippen MR) is 106 cm³/mol. The number of hydrogen-bond acceptors (Lipinski definition) is 4. The summed E-state index contributed by atoms with van der Waals surface area (Å²) in [5, 5.41) is 0. The van der Waals surface area contributed by atoms with Crippen molar-refractivity contribution in [1.82, 2.24) is 4.90 Å². The second-order valence-corrected chi connectivity index (χ2v) is 8.45. The molecule has 0 bridgehead atoms. The van der Waals surface area contributed by atoms with Crippen molar-refractivity contribution >= 4 is 27.4 Å². The van der Waals surface area contributed by atoms with E-state index in [1.54, 1.807) is 6.92 Å². The van der Waals surface area contributed by atoms with Crippen LogP contribution in [0.5, 0.6) is 0 Å². The zero-order chi connectivity index (χ0) is 18.0. The fourth-order valence-corrected chi connectivity index (χ4v) is 4.88. The molecule has 2 fully saturated rings. The minimum atomic E-state index is 0.134. The third-order valence-corrected chi connectivity index (χ3v) is 5.95. The van der Waals surface area contributed by atoms with Crippen molar-refractivity contribution in [3.8, 4) is 0 Å². The SMILES string of the molecule is CC(=O)c1cccc(Br)c1N1CCC(CN2C[C@@H](C)O[C@@H](C)C2)CC1. The standard InChI is InChI=1S/C20H29BrN2O2/c1-14-11-22(12-15(2)25-14)13-17-7-9-23(10-8-17)20-18(16(3)24)5-4-6-19(20)21/h4-6,14-15,17H,7-13H2,1-3H3/t14-,15+. The van der Waals surface area contributed by atoms with Crippen molar-refractivity contribution in [3.05, 3.63) is 28.2 Å². The second-order valence-electron chi connectivity index (χ2n) is 7.60. The lowest BCUT2D eigenvalue weighted by Gasteiger charge is -2.40. The van der Waals surface area contributed by atoms with Gasteiger partial charge < -0.3 is 9.64 Å². The average Bonchev–Trinajstić information content (AvgIpc) is 2.54. The van der Waals surface area contributed by atoms with Crippen LogP contribution >= 0.6 is 15.9 Å². The summed E-state index contributed by atoms with van der Waals surface area (Å²) in [4.78, 5) is 16.9. The van der Waals surface area contributed by atoms with Gasteiger partial charge in [-0.25, -0.2) is 0 Å². The molecule has 25 heavy (non-hydrogen) atoms. The van der Waals surface area contributed by atoms with Crippen LogP contribution in [0.2, 0.25) is 0 Å². The number of piperidine rings is 1. The molecular weight excluding hydrogens is 380 g/mol. The molecule has 4 nitrogen and oxygen atoms in total. The zero-order valence-corrected chi connectivity index (χ0v) is 17.1. The summed E-state index contributed by atoms with van der Waals surface area (Å²) in [6, 6.07) is 5.91. The fourth-order valence-electron chi connectivity index (χ4n) is 4.26. The third kappa shape index (κ3) is 4.63. The molecule has 2 atom stereocenters. The van der Waals surface area contributed by atoms with Crippen LogP contribution in [0.3, 0.4) is 0 Å². The van der Waals surface area contributed by atoms with Crippen LogP contribution < -0.4 is 4.90 Å². The van der Waals surface area contributed by atoms with E-state index in [-0.39, 0.29) is 5.78 Å². The highest BCUT2D eigenvalue weighted by Crippen LogP contribution is 2.34. The molecule has 0 radical (unpaired) electrons. The molecule has 0 aromatic heterocycles. The summed E-state index contributed by atoms with van der Waals surface area (Å²) in [5.74, 6) is 0.867. The maximum absolute atomic E-state index is 12.0. The highest BCUT2D eigenvalue weighted by atomic mass is 79.9. The number of carbonyl (C=O) groups is 1. The van der Waals surface area contributed by atoms with Crippen molar-refractivity contribution in [2.24, 2.45) is 5.92 Å². The van der Waals surface area contributed by atoms with E-state index < -0.39 is 0 Å². The molecule has 1 aromatic rings. The highest BCUT2D eigenvalue weighted by Gasteiger charge is 2.28. The Hall–Kier alpha value is -0.910. The Balaban J connectivity index is 1.60. The van der Waals surface area contributed by atoms with Crippen LogP contribution in [0.4, 0.5) is 5.69 Å². The topological polar surface area (TPSA) is 32.8 Å². The van der Waals surface area contributed by atoms with Crippen LogP contribution in [0.25, 0.3) is 0 Å². The number of benzene rings is 1. The van der Waals surface area contributed by atoms with Crippen LogP contribution in [-0.4, -0.2) is 55.6 Å². The molecule has 0 spiro atoms. The van der Waals surface area contributed by atoms with Crippen LogP contribution in [-0.2, 0) is 4.74 Å². The summed E-state index contributed by atoms with van der Waals surface area (Å²) >= 11 is 3.64. The number of Topliss-reactive ketones (excluding diaryl/α,β-unsaturated/α-hetero) is 1. The maximum atomic E-state index is 12.0. The van der Waals surface area contributed by atoms with Gasteiger partial charge in [0, 0.05) is 42.8 Å². The number of hydrogen-bond donors (Lipinski definition) is 0. The maximum Gasteiger partial charge on any atom is 0.161 e. The molecule has 2 heterocycles. The Morgan fingerprint density at radius 2 is 1.84 bits per heavy atom. The van der Waals surface area contributed by atoms with E-state index >= 15 is 0 Å². The van der Waals surface area contributed by atoms with Gasteiger partial charge in [-0.2, -0.15) is 0 Å². The van der Waals surface area contributed by atoms with E-state index in [2.05, 4.69) is 39.6 Å². The van der Waals surface area contributed by atoms with E-state index in [4.69, 9.17) is 4.74 Å². The van der Waals surface area contributed by atoms with Crippen molar-refractivity contribution in [2.75, 3.05) is 37.6 Å². The van der Waals surface area contributed by atoms with Crippen molar-refractivity contribution in [1.29, 1.82) is 0 Å². The van der Waals surface area contributed by atoms with Crippen LogP contribution in [0, 0.1) is 5.92 Å². The molecule has 5 heteroatoms. The van der Waals surface area contributed by atoms with Gasteiger partial charge in [-0.1, -0.05) is 6.07 Å². The van der Waals surface area contributed by atoms with Gasteiger partial charge >= 0.3 is 0 Å². The number of anilines is 1. The zero-order valence-electron chi connectivity index (χ0n) is 15.5. The first-order valence-corrected chi connectivity index (χ1v) is 10.2. The number of para-hydroxylation sites is 1. The molecule has 0 saturated carbocycles. The largest absolute Gasteiger partial charge is 0.373 e. The normalized spacial score (nSPS) is 26.0. The second kappa shape index (κ2) is 8.19. The van der Waals surface area contributed by atoms with Crippen molar-refractivity contribution in [2.45, 2.75) is 45.8 Å². The summed E-state index contributed by atoms with van der Waals surface area (Å²) in [6.07, 6.45) is 3.03. The number of rotatable bonds is 4. The van der Waals surface area contributed by atoms with Gasteiger partial charge in [0.15, 0.2) is 5.78 Å². The van der Waals surface area contributed by atoms with E-state index in [0.29, 0.717) is 12.2 Å². The van der Waals surface area contributed by atoms with E-state index in [1.807, 2.05) is 18.2 Å². The van der Waals surface area contributed by atoms with Gasteiger partial charge in [0.2, 0.25) is 0 Å². The Labute approximate surface area is 159 Å². The molecule has 0 unspecified atom stereocenters. The molecule has 0 aliphatic carbocycles. The molecule has 1 aromatic carbocycles. The van der Waals surface area contributed by atoms with E-state index in [9.17, 15) is 4.79 Å². The molecule has 0 amide bonds. The number of ether oxygens (including phenoxy) is 1. The third-order valence-electron chi connectivity index (χ3n) is 5.31. The van der Waals surface area contributed by atoms with Crippen LogP contribution in [0.1, 0.15) is 44.0 Å². The fraction of sp³-hybridized carbons (Fsp3) is 0.650. The smallest absolute Gasteiger partial charge is 0.161 e. The summed E-state index contributed by atoms with van der Waals surface area (Å²) < 4.78 is 6.86. The predicted octanol–water partition coefficient (Wildman–Crippen LogP) is 3.98. The molecule has 2 aliphatic rings.